The van der Waals surface area contributed by atoms with Crippen molar-refractivity contribution in [3.05, 3.63) is 29.6 Å². The van der Waals surface area contributed by atoms with Crippen molar-refractivity contribution >= 4 is 22.9 Å². The van der Waals surface area contributed by atoms with Gasteiger partial charge in [-0.1, -0.05) is 12.2 Å². The van der Waals surface area contributed by atoms with Crippen molar-refractivity contribution < 1.29 is 4.39 Å². The molecule has 0 aliphatic rings. The third kappa shape index (κ3) is 2.65. The van der Waals surface area contributed by atoms with E-state index >= 15 is 0 Å². The van der Waals surface area contributed by atoms with E-state index in [0.29, 0.717) is 11.3 Å². The van der Waals surface area contributed by atoms with E-state index in [2.05, 4.69) is 5.43 Å². The molecule has 0 aliphatic carbocycles. The molecule has 0 saturated heterocycles. The zero-order chi connectivity index (χ0) is 10.7. The Kier molecular flexibility index (Phi) is 3.38. The second kappa shape index (κ2) is 4.34. The van der Waals surface area contributed by atoms with E-state index in [0.717, 1.165) is 0 Å². The van der Waals surface area contributed by atoms with Crippen LogP contribution >= 0.6 is 12.2 Å². The smallest absolute Gasteiger partial charge is 0.148 e. The van der Waals surface area contributed by atoms with Crippen molar-refractivity contribution in [3.63, 3.8) is 0 Å². The number of benzene rings is 1. The molecule has 0 aliphatic heterocycles. The van der Waals surface area contributed by atoms with Crippen molar-refractivity contribution in [2.45, 2.75) is 0 Å². The highest BCUT2D eigenvalue weighted by molar-refractivity contribution is 7.80. The lowest BCUT2D eigenvalue weighted by Gasteiger charge is -2.14. The Morgan fingerprint density at radius 1 is 1.50 bits per heavy atom. The van der Waals surface area contributed by atoms with Gasteiger partial charge in [0.1, 0.15) is 10.8 Å². The van der Waals surface area contributed by atoms with Gasteiger partial charge in [-0.15, -0.1) is 0 Å². The Balaban J connectivity index is 2.95. The van der Waals surface area contributed by atoms with Crippen molar-refractivity contribution in [2.24, 2.45) is 5.73 Å². The molecule has 3 nitrogen and oxygen atoms in total. The standard InChI is InChI=1S/C9H12FN3S/c1-13(2)12-8-4-3-6(9(11)14)5-7(8)10/h3-5,12H,1-2H3,(H2,11,14). The summed E-state index contributed by atoms with van der Waals surface area (Å²) in [6.45, 7) is 0. The van der Waals surface area contributed by atoms with Crippen molar-refractivity contribution in [2.75, 3.05) is 19.5 Å². The molecule has 5 heteroatoms. The number of thiocarbonyl (C=S) groups is 1. The minimum Gasteiger partial charge on any atom is -0.389 e. The number of hydrogen-bond donors (Lipinski definition) is 2. The van der Waals surface area contributed by atoms with Crippen LogP contribution in [-0.2, 0) is 0 Å². The van der Waals surface area contributed by atoms with E-state index in [1.54, 1.807) is 31.2 Å². The number of rotatable bonds is 3. The van der Waals surface area contributed by atoms with Crippen molar-refractivity contribution in [1.29, 1.82) is 0 Å². The van der Waals surface area contributed by atoms with Gasteiger partial charge in [0, 0.05) is 19.7 Å². The van der Waals surface area contributed by atoms with Gasteiger partial charge < -0.3 is 11.2 Å². The number of nitrogens with zero attached hydrogens (tertiary/aromatic N) is 1. The number of halogens is 1. The molecule has 0 spiro atoms. The number of hydrazine groups is 1. The molecule has 1 aromatic rings. The average molecular weight is 213 g/mol. The van der Waals surface area contributed by atoms with Crippen LogP contribution in [0.1, 0.15) is 5.56 Å². The number of nitrogens with one attached hydrogen (secondary N) is 1. The van der Waals surface area contributed by atoms with E-state index in [4.69, 9.17) is 18.0 Å². The first-order valence-electron chi connectivity index (χ1n) is 4.04. The first kappa shape index (κ1) is 10.9. The van der Waals surface area contributed by atoms with Crippen molar-refractivity contribution in [3.8, 4) is 0 Å². The van der Waals surface area contributed by atoms with Gasteiger partial charge in [0.2, 0.25) is 0 Å². The predicted octanol–water partition coefficient (Wildman–Crippen LogP) is 1.35. The summed E-state index contributed by atoms with van der Waals surface area (Å²) in [6, 6.07) is 4.59. The first-order chi connectivity index (χ1) is 6.50. The average Bonchev–Trinajstić information content (AvgIpc) is 2.07. The molecule has 14 heavy (non-hydrogen) atoms. The number of anilines is 1. The van der Waals surface area contributed by atoms with Gasteiger partial charge in [-0.3, -0.25) is 0 Å². The van der Waals surface area contributed by atoms with Gasteiger partial charge in [-0.25, -0.2) is 9.40 Å². The van der Waals surface area contributed by atoms with E-state index in [9.17, 15) is 4.39 Å². The molecule has 1 rings (SSSR count). The summed E-state index contributed by atoms with van der Waals surface area (Å²) in [5.41, 5.74) is 9.11. The second-order valence-corrected chi connectivity index (χ2v) is 3.50. The molecule has 0 fully saturated rings. The number of hydrogen-bond acceptors (Lipinski definition) is 3. The first-order valence-corrected chi connectivity index (χ1v) is 4.45. The fraction of sp³-hybridized carbons (Fsp3) is 0.222. The van der Waals surface area contributed by atoms with Crippen LogP contribution in [0.15, 0.2) is 18.2 Å². The van der Waals surface area contributed by atoms with Crippen LogP contribution in [0.25, 0.3) is 0 Å². The van der Waals surface area contributed by atoms with Gasteiger partial charge in [0.05, 0.1) is 5.69 Å². The third-order valence-corrected chi connectivity index (χ3v) is 1.83. The van der Waals surface area contributed by atoms with Gasteiger partial charge in [-0.2, -0.15) is 0 Å². The number of nitrogens with two attached hydrogens (primary N) is 1. The molecule has 0 heterocycles. The van der Waals surface area contributed by atoms with Crippen LogP contribution in [0, 0.1) is 5.82 Å². The molecular formula is C9H12FN3S. The monoisotopic (exact) mass is 213 g/mol. The lowest BCUT2D eigenvalue weighted by Crippen LogP contribution is -2.20. The van der Waals surface area contributed by atoms with Gasteiger partial charge >= 0.3 is 0 Å². The van der Waals surface area contributed by atoms with Crippen LogP contribution in [0.4, 0.5) is 10.1 Å². The van der Waals surface area contributed by atoms with E-state index in [-0.39, 0.29) is 10.8 Å². The minimum atomic E-state index is -0.371. The third-order valence-electron chi connectivity index (χ3n) is 1.60. The molecule has 0 bridgehead atoms. The highest BCUT2D eigenvalue weighted by atomic mass is 32.1. The SMILES string of the molecule is CN(C)Nc1ccc(C(N)=S)cc1F. The lowest BCUT2D eigenvalue weighted by molar-refractivity contribution is 0.487. The summed E-state index contributed by atoms with van der Waals surface area (Å²) in [7, 11) is 3.56. The largest absolute Gasteiger partial charge is 0.389 e. The quantitative estimate of drug-likeness (QED) is 0.587. The topological polar surface area (TPSA) is 41.3 Å². The predicted molar refractivity (Wildman–Crippen MR) is 59.6 cm³/mol. The minimum absolute atomic E-state index is 0.195. The van der Waals surface area contributed by atoms with Gasteiger partial charge in [0.25, 0.3) is 0 Å². The van der Waals surface area contributed by atoms with Gasteiger partial charge in [-0.05, 0) is 18.2 Å². The molecule has 0 aromatic heterocycles. The molecule has 0 amide bonds. The lowest BCUT2D eigenvalue weighted by atomic mass is 10.2. The van der Waals surface area contributed by atoms with E-state index in [1.807, 2.05) is 0 Å². The van der Waals surface area contributed by atoms with Crippen LogP contribution in [0.5, 0.6) is 0 Å². The molecule has 0 unspecified atom stereocenters. The van der Waals surface area contributed by atoms with Gasteiger partial charge in [0.15, 0.2) is 0 Å². The van der Waals surface area contributed by atoms with Crippen LogP contribution in [0.2, 0.25) is 0 Å². The zero-order valence-electron chi connectivity index (χ0n) is 8.04. The fourth-order valence-electron chi connectivity index (χ4n) is 1.000. The van der Waals surface area contributed by atoms with E-state index < -0.39 is 0 Å². The summed E-state index contributed by atoms with van der Waals surface area (Å²) in [4.78, 5) is 0.195. The molecule has 1 aromatic carbocycles. The molecular weight excluding hydrogens is 201 g/mol. The Morgan fingerprint density at radius 2 is 2.14 bits per heavy atom. The van der Waals surface area contributed by atoms with Crippen LogP contribution in [0.3, 0.4) is 0 Å². The highest BCUT2D eigenvalue weighted by Gasteiger charge is 2.04. The maximum Gasteiger partial charge on any atom is 0.148 e. The van der Waals surface area contributed by atoms with Crippen LogP contribution in [-0.4, -0.2) is 24.1 Å². The Morgan fingerprint density at radius 3 is 2.57 bits per heavy atom. The summed E-state index contributed by atoms with van der Waals surface area (Å²) in [5, 5.41) is 1.65. The molecule has 0 atom stereocenters. The van der Waals surface area contributed by atoms with Crippen molar-refractivity contribution in [1.82, 2.24) is 5.01 Å². The fourth-order valence-corrected chi connectivity index (χ4v) is 1.13. The van der Waals surface area contributed by atoms with E-state index in [1.165, 1.54) is 6.07 Å². The Hall–Kier alpha value is -1.20. The second-order valence-electron chi connectivity index (χ2n) is 3.07. The summed E-state index contributed by atoms with van der Waals surface area (Å²) in [6.07, 6.45) is 0. The highest BCUT2D eigenvalue weighted by Crippen LogP contribution is 2.15. The molecule has 3 N–H and O–H groups in total. The maximum absolute atomic E-state index is 13.4. The summed E-state index contributed by atoms with van der Waals surface area (Å²) >= 11 is 4.73. The van der Waals surface area contributed by atoms with Crippen LogP contribution < -0.4 is 11.2 Å². The summed E-state index contributed by atoms with van der Waals surface area (Å²) < 4.78 is 13.4. The zero-order valence-corrected chi connectivity index (χ0v) is 8.86. The molecule has 0 radical (unpaired) electrons. The normalized spacial score (nSPS) is 10.3. The Bertz CT molecular complexity index is 352. The summed E-state index contributed by atoms with van der Waals surface area (Å²) in [5.74, 6) is -0.371. The Labute approximate surface area is 87.7 Å². The molecule has 76 valence electrons. The maximum atomic E-state index is 13.4. The molecule has 0 saturated carbocycles.